The fraction of sp³-hybridized carbons (Fsp3) is 0.200. The molecule has 20 heavy (non-hydrogen) atoms. The van der Waals surface area contributed by atoms with Crippen LogP contribution in [0.25, 0.3) is 0 Å². The van der Waals surface area contributed by atoms with E-state index >= 15 is 0 Å². The molecule has 0 aliphatic carbocycles. The lowest BCUT2D eigenvalue weighted by Crippen LogP contribution is -2.03. The van der Waals surface area contributed by atoms with Crippen LogP contribution in [0.3, 0.4) is 0 Å². The minimum atomic E-state index is 0.514. The monoisotopic (exact) mass is 269 g/mol. The molecular weight excluding hydrogens is 254 g/mol. The minimum Gasteiger partial charge on any atom is -0.497 e. The van der Waals surface area contributed by atoms with Gasteiger partial charge in [0.15, 0.2) is 0 Å². The van der Waals surface area contributed by atoms with Crippen molar-refractivity contribution in [2.75, 3.05) is 19.5 Å². The van der Waals surface area contributed by atoms with Gasteiger partial charge in [0.2, 0.25) is 0 Å². The molecule has 1 heterocycles. The van der Waals surface area contributed by atoms with E-state index in [-0.39, 0.29) is 0 Å². The van der Waals surface area contributed by atoms with E-state index in [0.717, 1.165) is 22.7 Å². The van der Waals surface area contributed by atoms with Gasteiger partial charge in [0.1, 0.15) is 17.6 Å². The van der Waals surface area contributed by atoms with Gasteiger partial charge in [0, 0.05) is 30.6 Å². The van der Waals surface area contributed by atoms with Gasteiger partial charge in [-0.2, -0.15) is 5.26 Å². The van der Waals surface area contributed by atoms with Gasteiger partial charge in [0.05, 0.1) is 25.5 Å². The summed E-state index contributed by atoms with van der Waals surface area (Å²) in [4.78, 5) is 3.92. The van der Waals surface area contributed by atoms with Crippen molar-refractivity contribution in [1.82, 2.24) is 4.98 Å². The van der Waals surface area contributed by atoms with Crippen LogP contribution in [0.4, 0.5) is 5.69 Å². The molecule has 2 aromatic rings. The molecule has 0 unspecified atom stereocenters. The van der Waals surface area contributed by atoms with Gasteiger partial charge in [-0.05, 0) is 18.2 Å². The first kappa shape index (κ1) is 13.7. The van der Waals surface area contributed by atoms with Crippen LogP contribution >= 0.6 is 0 Å². The second-order valence-electron chi connectivity index (χ2n) is 4.06. The Hall–Kier alpha value is -2.74. The molecule has 0 spiro atoms. The van der Waals surface area contributed by atoms with Crippen molar-refractivity contribution in [1.29, 1.82) is 5.26 Å². The number of nitrogens with one attached hydrogen (secondary N) is 1. The average Bonchev–Trinajstić information content (AvgIpc) is 2.52. The maximum atomic E-state index is 9.01. The Labute approximate surface area is 117 Å². The highest BCUT2D eigenvalue weighted by atomic mass is 16.5. The lowest BCUT2D eigenvalue weighted by molar-refractivity contribution is 0.391. The fourth-order valence-electron chi connectivity index (χ4n) is 1.83. The first-order valence-electron chi connectivity index (χ1n) is 6.07. The summed E-state index contributed by atoms with van der Waals surface area (Å²) in [5.41, 5.74) is 2.24. The lowest BCUT2D eigenvalue weighted by atomic mass is 10.1. The molecule has 1 N–H and O–H groups in total. The average molecular weight is 269 g/mol. The third kappa shape index (κ3) is 2.98. The predicted molar refractivity (Wildman–Crippen MR) is 75.8 cm³/mol. The topological polar surface area (TPSA) is 67.2 Å². The Morgan fingerprint density at radius 3 is 2.80 bits per heavy atom. The highest BCUT2D eigenvalue weighted by Crippen LogP contribution is 2.25. The maximum absolute atomic E-state index is 9.01. The van der Waals surface area contributed by atoms with Crippen LogP contribution in [0.2, 0.25) is 0 Å². The van der Waals surface area contributed by atoms with Crippen molar-refractivity contribution in [3.63, 3.8) is 0 Å². The summed E-state index contributed by atoms with van der Waals surface area (Å²) in [5.74, 6) is 1.48. The molecule has 5 nitrogen and oxygen atoms in total. The smallest absolute Gasteiger partial charge is 0.127 e. The molecule has 5 heteroatoms. The molecule has 0 saturated carbocycles. The van der Waals surface area contributed by atoms with E-state index < -0.39 is 0 Å². The van der Waals surface area contributed by atoms with Gasteiger partial charge in [-0.15, -0.1) is 0 Å². The second-order valence-corrected chi connectivity index (χ2v) is 4.06. The van der Waals surface area contributed by atoms with Gasteiger partial charge >= 0.3 is 0 Å². The number of rotatable bonds is 5. The summed E-state index contributed by atoms with van der Waals surface area (Å²) >= 11 is 0. The minimum absolute atomic E-state index is 0.514. The molecule has 1 aromatic carbocycles. The molecule has 0 atom stereocenters. The Bertz CT molecular complexity index is 635. The Morgan fingerprint density at radius 1 is 1.25 bits per heavy atom. The van der Waals surface area contributed by atoms with Crippen LogP contribution in [-0.4, -0.2) is 19.2 Å². The molecular formula is C15H15N3O2. The number of pyridine rings is 1. The lowest BCUT2D eigenvalue weighted by Gasteiger charge is -2.12. The number of methoxy groups -OCH3 is 2. The number of hydrogen-bond acceptors (Lipinski definition) is 5. The van der Waals surface area contributed by atoms with Crippen molar-refractivity contribution in [2.24, 2.45) is 0 Å². The van der Waals surface area contributed by atoms with Gasteiger partial charge in [-0.25, -0.2) is 0 Å². The Balaban J connectivity index is 2.17. The van der Waals surface area contributed by atoms with Gasteiger partial charge in [-0.1, -0.05) is 0 Å². The molecule has 2 rings (SSSR count). The molecule has 102 valence electrons. The Kier molecular flexibility index (Phi) is 4.40. The molecule has 0 fully saturated rings. The standard InChI is InChI=1S/C15H15N3O2/c1-19-13-4-3-11(15(7-13)20-2)10-18-14-5-6-17-9-12(14)8-16/h3-7,9H,10H2,1-2H3,(H,17,18). The number of anilines is 1. The van der Waals surface area contributed by atoms with Crippen LogP contribution in [-0.2, 0) is 6.54 Å². The van der Waals surface area contributed by atoms with E-state index in [1.165, 1.54) is 6.20 Å². The molecule has 0 saturated heterocycles. The van der Waals surface area contributed by atoms with Crippen molar-refractivity contribution in [3.05, 3.63) is 47.8 Å². The highest BCUT2D eigenvalue weighted by molar-refractivity contribution is 5.56. The highest BCUT2D eigenvalue weighted by Gasteiger charge is 2.06. The second kappa shape index (κ2) is 6.43. The van der Waals surface area contributed by atoms with E-state index in [2.05, 4.69) is 16.4 Å². The molecule has 0 bridgehead atoms. The van der Waals surface area contributed by atoms with Crippen molar-refractivity contribution >= 4 is 5.69 Å². The normalized spacial score (nSPS) is 9.65. The third-order valence-corrected chi connectivity index (χ3v) is 2.91. The predicted octanol–water partition coefficient (Wildman–Crippen LogP) is 2.58. The first-order valence-corrected chi connectivity index (χ1v) is 6.07. The molecule has 0 radical (unpaired) electrons. The van der Waals surface area contributed by atoms with Crippen molar-refractivity contribution < 1.29 is 9.47 Å². The Morgan fingerprint density at radius 2 is 2.10 bits per heavy atom. The van der Waals surface area contributed by atoms with E-state index in [0.29, 0.717) is 12.1 Å². The molecule has 1 aromatic heterocycles. The van der Waals surface area contributed by atoms with E-state index in [1.54, 1.807) is 26.5 Å². The largest absolute Gasteiger partial charge is 0.497 e. The zero-order valence-electron chi connectivity index (χ0n) is 11.4. The number of hydrogen-bond donors (Lipinski definition) is 1. The maximum Gasteiger partial charge on any atom is 0.127 e. The summed E-state index contributed by atoms with van der Waals surface area (Å²) in [6.07, 6.45) is 3.18. The van der Waals surface area contributed by atoms with E-state index in [4.69, 9.17) is 14.7 Å². The summed E-state index contributed by atoms with van der Waals surface area (Å²) in [5, 5.41) is 12.2. The van der Waals surface area contributed by atoms with Crippen molar-refractivity contribution in [2.45, 2.75) is 6.54 Å². The number of nitriles is 1. The van der Waals surface area contributed by atoms with Crippen LogP contribution in [0.15, 0.2) is 36.7 Å². The molecule has 0 aliphatic heterocycles. The van der Waals surface area contributed by atoms with Crippen LogP contribution in [0.5, 0.6) is 11.5 Å². The van der Waals surface area contributed by atoms with Gasteiger partial charge in [-0.3, -0.25) is 4.98 Å². The third-order valence-electron chi connectivity index (χ3n) is 2.91. The quantitative estimate of drug-likeness (QED) is 0.903. The van der Waals surface area contributed by atoms with E-state index in [1.807, 2.05) is 18.2 Å². The van der Waals surface area contributed by atoms with Gasteiger partial charge in [0.25, 0.3) is 0 Å². The summed E-state index contributed by atoms with van der Waals surface area (Å²) < 4.78 is 10.5. The number of benzene rings is 1. The van der Waals surface area contributed by atoms with Crippen LogP contribution in [0.1, 0.15) is 11.1 Å². The molecule has 0 aliphatic rings. The zero-order chi connectivity index (χ0) is 14.4. The zero-order valence-corrected chi connectivity index (χ0v) is 11.4. The summed E-state index contributed by atoms with van der Waals surface area (Å²) in [6, 6.07) is 9.50. The van der Waals surface area contributed by atoms with E-state index in [9.17, 15) is 0 Å². The van der Waals surface area contributed by atoms with Crippen LogP contribution < -0.4 is 14.8 Å². The van der Waals surface area contributed by atoms with Gasteiger partial charge < -0.3 is 14.8 Å². The summed E-state index contributed by atoms with van der Waals surface area (Å²) in [7, 11) is 3.23. The SMILES string of the molecule is COc1ccc(CNc2ccncc2C#N)c(OC)c1. The molecule has 0 amide bonds. The number of aromatic nitrogens is 1. The van der Waals surface area contributed by atoms with Crippen LogP contribution in [0, 0.1) is 11.3 Å². The van der Waals surface area contributed by atoms with Crippen molar-refractivity contribution in [3.8, 4) is 17.6 Å². The number of ether oxygens (including phenoxy) is 2. The first-order chi connectivity index (χ1) is 9.78. The fourth-order valence-corrected chi connectivity index (χ4v) is 1.83. The summed E-state index contributed by atoms with van der Waals surface area (Å²) in [6.45, 7) is 0.547. The number of nitrogens with zero attached hydrogens (tertiary/aromatic N) is 2.